The number of halogens is 1. The number of pyridine rings is 1. The maximum atomic E-state index is 12.4. The van der Waals surface area contributed by atoms with Crippen LogP contribution in [-0.2, 0) is 14.8 Å². The van der Waals surface area contributed by atoms with E-state index in [1.807, 2.05) is 12.1 Å². The molecule has 3 aromatic rings. The van der Waals surface area contributed by atoms with Gasteiger partial charge < -0.3 is 5.32 Å². The van der Waals surface area contributed by atoms with Gasteiger partial charge in [0, 0.05) is 21.8 Å². The summed E-state index contributed by atoms with van der Waals surface area (Å²) in [4.78, 5) is 17.0. The maximum Gasteiger partial charge on any atom is 0.261 e. The third-order valence-electron chi connectivity index (χ3n) is 3.55. The minimum absolute atomic E-state index is 0.0879. The number of hydrogen-bond acceptors (Lipinski definition) is 5. The largest absolute Gasteiger partial charge is 0.325 e. The Hall–Kier alpha value is -2.55. The van der Waals surface area contributed by atoms with Gasteiger partial charge in [-0.25, -0.2) is 8.42 Å². The van der Waals surface area contributed by atoms with Crippen molar-refractivity contribution in [1.82, 2.24) is 4.98 Å². The highest BCUT2D eigenvalue weighted by Gasteiger charge is 2.14. The van der Waals surface area contributed by atoms with Crippen molar-refractivity contribution in [1.29, 1.82) is 0 Å². The van der Waals surface area contributed by atoms with E-state index in [4.69, 9.17) is 11.6 Å². The Balaban J connectivity index is 1.57. The predicted octanol–water partition coefficient (Wildman–Crippen LogP) is 4.27. The van der Waals surface area contributed by atoms with Crippen LogP contribution in [0.15, 0.2) is 82.8 Å². The van der Waals surface area contributed by atoms with E-state index in [-0.39, 0.29) is 16.6 Å². The molecule has 0 spiro atoms. The molecule has 9 heteroatoms. The van der Waals surface area contributed by atoms with E-state index in [2.05, 4.69) is 15.0 Å². The van der Waals surface area contributed by atoms with Crippen LogP contribution in [0.5, 0.6) is 0 Å². The molecule has 0 saturated heterocycles. The van der Waals surface area contributed by atoms with Crippen LogP contribution in [0.1, 0.15) is 0 Å². The van der Waals surface area contributed by atoms with E-state index in [9.17, 15) is 13.2 Å². The zero-order valence-electron chi connectivity index (χ0n) is 14.5. The number of nitrogens with one attached hydrogen (secondary N) is 2. The number of thioether (sulfide) groups is 1. The summed E-state index contributed by atoms with van der Waals surface area (Å²) in [5.41, 5.74) is 0.890. The summed E-state index contributed by atoms with van der Waals surface area (Å²) in [6, 6.07) is 16.4. The fraction of sp³-hybridized carbons (Fsp3) is 0.0526. The van der Waals surface area contributed by atoms with Crippen LogP contribution in [0, 0.1) is 0 Å². The zero-order valence-corrected chi connectivity index (χ0v) is 16.9. The number of nitrogens with zero attached hydrogens (tertiary/aromatic N) is 1. The first-order valence-electron chi connectivity index (χ1n) is 8.13. The van der Waals surface area contributed by atoms with Gasteiger partial charge in [-0.05, 0) is 60.7 Å². The van der Waals surface area contributed by atoms with Crippen molar-refractivity contribution in [2.75, 3.05) is 15.8 Å². The third-order valence-corrected chi connectivity index (χ3v) is 6.21. The molecule has 1 amide bonds. The van der Waals surface area contributed by atoms with Gasteiger partial charge in [-0.15, -0.1) is 11.8 Å². The zero-order chi connectivity index (χ0) is 20.0. The van der Waals surface area contributed by atoms with Gasteiger partial charge in [0.15, 0.2) is 0 Å². The molecular formula is C19H16ClN3O3S2. The number of hydrogen-bond donors (Lipinski definition) is 2. The minimum Gasteiger partial charge on any atom is -0.325 e. The fourth-order valence-corrected chi connectivity index (χ4v) is 4.10. The molecule has 0 aliphatic carbocycles. The van der Waals surface area contributed by atoms with Crippen LogP contribution in [0.2, 0.25) is 5.02 Å². The summed E-state index contributed by atoms with van der Waals surface area (Å²) < 4.78 is 27.2. The highest BCUT2D eigenvalue weighted by molar-refractivity contribution is 8.00. The fourth-order valence-electron chi connectivity index (χ4n) is 2.23. The molecule has 3 rings (SSSR count). The average molecular weight is 434 g/mol. The molecule has 0 radical (unpaired) electrons. The number of aromatic nitrogens is 1. The highest BCUT2D eigenvalue weighted by atomic mass is 35.5. The topological polar surface area (TPSA) is 88.2 Å². The second-order valence-corrected chi connectivity index (χ2v) is 8.83. The van der Waals surface area contributed by atoms with Crippen LogP contribution in [-0.4, -0.2) is 25.1 Å². The summed E-state index contributed by atoms with van der Waals surface area (Å²) in [5, 5.41) is 3.38. The van der Waals surface area contributed by atoms with Crippen LogP contribution >= 0.6 is 23.4 Å². The van der Waals surface area contributed by atoms with Crippen molar-refractivity contribution in [3.05, 3.63) is 78.1 Å². The number of benzene rings is 2. The minimum atomic E-state index is -3.73. The summed E-state index contributed by atoms with van der Waals surface area (Å²) in [6.45, 7) is 0. The van der Waals surface area contributed by atoms with E-state index < -0.39 is 10.0 Å². The average Bonchev–Trinajstić information content (AvgIpc) is 2.68. The van der Waals surface area contributed by atoms with Gasteiger partial charge in [-0.2, -0.15) is 0 Å². The summed E-state index contributed by atoms with van der Waals surface area (Å²) in [7, 11) is -3.73. The summed E-state index contributed by atoms with van der Waals surface area (Å²) in [5.74, 6) is 0.0357. The number of carbonyl (C=O) groups excluding carboxylic acids is 1. The van der Waals surface area contributed by atoms with E-state index in [1.165, 1.54) is 30.1 Å². The number of sulfonamides is 1. The van der Waals surface area contributed by atoms with E-state index in [1.54, 1.807) is 42.6 Å². The normalized spacial score (nSPS) is 11.0. The van der Waals surface area contributed by atoms with Crippen molar-refractivity contribution in [2.45, 2.75) is 9.79 Å². The van der Waals surface area contributed by atoms with Crippen LogP contribution < -0.4 is 10.0 Å². The predicted molar refractivity (Wildman–Crippen MR) is 112 cm³/mol. The second-order valence-electron chi connectivity index (χ2n) is 5.66. The van der Waals surface area contributed by atoms with Crippen LogP contribution in [0.25, 0.3) is 0 Å². The number of anilines is 2. The number of rotatable bonds is 7. The van der Waals surface area contributed by atoms with Gasteiger partial charge in [0.25, 0.3) is 10.0 Å². The Morgan fingerprint density at radius 2 is 1.71 bits per heavy atom. The van der Waals surface area contributed by atoms with Gasteiger partial charge in [0.2, 0.25) is 5.91 Å². The number of amides is 1. The molecule has 144 valence electrons. The van der Waals surface area contributed by atoms with Gasteiger partial charge in [-0.3, -0.25) is 14.5 Å². The van der Waals surface area contributed by atoms with Gasteiger partial charge in [0.1, 0.15) is 0 Å². The number of carbonyl (C=O) groups is 1. The van der Waals surface area contributed by atoms with Crippen LogP contribution in [0.4, 0.5) is 11.4 Å². The molecule has 0 saturated carbocycles. The molecule has 0 aliphatic heterocycles. The molecule has 2 aromatic carbocycles. The molecule has 0 bridgehead atoms. The van der Waals surface area contributed by atoms with Crippen molar-refractivity contribution in [3.8, 4) is 0 Å². The lowest BCUT2D eigenvalue weighted by Crippen LogP contribution is -2.15. The van der Waals surface area contributed by atoms with Crippen molar-refractivity contribution in [2.24, 2.45) is 0 Å². The highest BCUT2D eigenvalue weighted by Crippen LogP contribution is 2.21. The lowest BCUT2D eigenvalue weighted by Gasteiger charge is -2.09. The van der Waals surface area contributed by atoms with E-state index in [0.717, 1.165) is 4.90 Å². The summed E-state index contributed by atoms with van der Waals surface area (Å²) >= 11 is 7.22. The quantitative estimate of drug-likeness (QED) is 0.543. The van der Waals surface area contributed by atoms with Gasteiger partial charge in [-0.1, -0.05) is 11.6 Å². The molecule has 1 heterocycles. The molecule has 0 fully saturated rings. The standard InChI is InChI=1S/C19H16ClN3O3S2/c20-14-3-7-17(8-4-14)27-13-19(24)22-15-5-9-18(10-6-15)28(25,26)23-16-2-1-11-21-12-16/h1-12,23H,13H2,(H,22,24). The SMILES string of the molecule is O=C(CSc1ccc(Cl)cc1)Nc1ccc(S(=O)(=O)Nc2cccnc2)cc1. The molecule has 0 aliphatic rings. The molecule has 28 heavy (non-hydrogen) atoms. The van der Waals surface area contributed by atoms with E-state index in [0.29, 0.717) is 16.4 Å². The van der Waals surface area contributed by atoms with Crippen molar-refractivity contribution < 1.29 is 13.2 Å². The molecule has 1 aromatic heterocycles. The Bertz CT molecular complexity index is 1040. The van der Waals surface area contributed by atoms with Gasteiger partial charge in [0.05, 0.1) is 22.5 Å². The molecular weight excluding hydrogens is 418 g/mol. The second kappa shape index (κ2) is 9.09. The van der Waals surface area contributed by atoms with Crippen molar-refractivity contribution >= 4 is 50.7 Å². The van der Waals surface area contributed by atoms with Crippen molar-refractivity contribution in [3.63, 3.8) is 0 Å². The first kappa shape index (κ1) is 20.2. The molecule has 0 atom stereocenters. The molecule has 0 unspecified atom stereocenters. The Morgan fingerprint density at radius 1 is 1.00 bits per heavy atom. The van der Waals surface area contributed by atoms with Gasteiger partial charge >= 0.3 is 0 Å². The monoisotopic (exact) mass is 433 g/mol. The van der Waals surface area contributed by atoms with Crippen LogP contribution in [0.3, 0.4) is 0 Å². The lowest BCUT2D eigenvalue weighted by atomic mass is 10.3. The first-order valence-corrected chi connectivity index (χ1v) is 11.0. The molecule has 2 N–H and O–H groups in total. The Labute approximate surface area is 172 Å². The smallest absolute Gasteiger partial charge is 0.261 e. The summed E-state index contributed by atoms with van der Waals surface area (Å²) in [6.07, 6.45) is 2.98. The lowest BCUT2D eigenvalue weighted by molar-refractivity contribution is -0.113. The Morgan fingerprint density at radius 3 is 2.36 bits per heavy atom. The first-order chi connectivity index (χ1) is 13.4. The maximum absolute atomic E-state index is 12.4. The Kier molecular flexibility index (Phi) is 6.56. The molecule has 6 nitrogen and oxygen atoms in total. The third kappa shape index (κ3) is 5.72. The van der Waals surface area contributed by atoms with E-state index >= 15 is 0 Å².